The SMILES string of the molecule is Nc1ncnc2nc[nH]c12.Nc1ncnc2nc[nH]c12.O.O.O.O.O=C([O-])CC(=O)[O-].O=C([O-])CC(=O)[O-].[Co+2].[Co+2].[OH3+].[OH3+].[OH3+].[OH3+].[OH3+].[OH3+]. The summed E-state index contributed by atoms with van der Waals surface area (Å²) in [6.07, 6.45) is 3.79. The Morgan fingerprint density at radius 3 is 0.935 bits per heavy atom. The number of carboxylic acids is 4. The van der Waals surface area contributed by atoms with Crippen LogP contribution in [0.25, 0.3) is 22.3 Å². The molecular formula is C16H40Co2N10O18+6. The Labute approximate surface area is 275 Å². The van der Waals surface area contributed by atoms with E-state index >= 15 is 0 Å². The number of nitrogen functional groups attached to an aromatic ring is 2. The Hall–Kier alpha value is -4.81. The fourth-order valence-electron chi connectivity index (χ4n) is 1.80. The van der Waals surface area contributed by atoms with Crippen molar-refractivity contribution in [3.63, 3.8) is 0 Å². The van der Waals surface area contributed by atoms with Crippen LogP contribution < -0.4 is 31.9 Å². The van der Waals surface area contributed by atoms with E-state index in [1.165, 1.54) is 25.3 Å². The molecule has 2 radical (unpaired) electrons. The number of nitrogens with zero attached hydrogens (tertiary/aromatic N) is 6. The molecule has 0 saturated heterocycles. The number of hydrogen-bond acceptors (Lipinski definition) is 16. The number of carboxylic acid groups (broad SMARTS) is 4. The van der Waals surface area contributed by atoms with E-state index in [0.29, 0.717) is 34.0 Å². The maximum Gasteiger partial charge on any atom is 2.00 e. The number of carbonyl (C=O) groups excluding carboxylic acids is 4. The van der Waals surface area contributed by atoms with Crippen LogP contribution in [0.3, 0.4) is 0 Å². The van der Waals surface area contributed by atoms with Crippen LogP contribution >= 0.6 is 0 Å². The maximum absolute atomic E-state index is 9.28. The van der Waals surface area contributed by atoms with Crippen LogP contribution in [-0.2, 0) is 85.6 Å². The van der Waals surface area contributed by atoms with E-state index in [9.17, 15) is 39.6 Å². The first-order valence-electron chi connectivity index (χ1n) is 8.59. The Bertz CT molecular complexity index is 1180. The predicted octanol–water partition coefficient (Wildman–Crippen LogP) is -15.2. The van der Waals surface area contributed by atoms with Gasteiger partial charge in [0.15, 0.2) is 22.9 Å². The van der Waals surface area contributed by atoms with Crippen molar-refractivity contribution in [3.05, 3.63) is 25.3 Å². The van der Waals surface area contributed by atoms with Crippen molar-refractivity contribution in [1.82, 2.24) is 39.9 Å². The number of aromatic nitrogens is 8. The summed E-state index contributed by atoms with van der Waals surface area (Å²) < 4.78 is 0. The van der Waals surface area contributed by atoms with Crippen LogP contribution in [0.15, 0.2) is 25.3 Å². The molecule has 0 atom stereocenters. The van der Waals surface area contributed by atoms with Gasteiger partial charge in [0.1, 0.15) is 23.7 Å². The number of aromatic amines is 2. The van der Waals surface area contributed by atoms with Crippen molar-refractivity contribution in [2.45, 2.75) is 12.8 Å². The number of H-pyrrole nitrogens is 2. The van der Waals surface area contributed by atoms with Crippen molar-refractivity contribution >= 4 is 57.8 Å². The smallest absolute Gasteiger partial charge is 0.550 e. The molecule has 274 valence electrons. The molecule has 4 aromatic rings. The first-order valence-corrected chi connectivity index (χ1v) is 8.59. The van der Waals surface area contributed by atoms with E-state index in [-0.39, 0.29) is 88.3 Å². The van der Waals surface area contributed by atoms with Gasteiger partial charge in [-0.2, -0.15) is 0 Å². The molecule has 4 aromatic heterocycles. The van der Waals surface area contributed by atoms with Crippen LogP contribution in [0.1, 0.15) is 12.8 Å². The molecule has 0 unspecified atom stereocenters. The minimum Gasteiger partial charge on any atom is -0.550 e. The Balaban J connectivity index is -0.0000000312. The van der Waals surface area contributed by atoms with Gasteiger partial charge in [-0.15, -0.1) is 0 Å². The molecule has 0 saturated carbocycles. The van der Waals surface area contributed by atoms with Crippen molar-refractivity contribution in [1.29, 1.82) is 0 Å². The van der Waals surface area contributed by atoms with Crippen LogP contribution in [0, 0.1) is 0 Å². The molecule has 0 aliphatic rings. The molecule has 4 rings (SSSR count). The zero-order valence-electron chi connectivity index (χ0n) is 23.0. The van der Waals surface area contributed by atoms with Gasteiger partial charge in [-0.25, -0.2) is 29.9 Å². The number of aliphatic carboxylic acids is 4. The second-order valence-electron chi connectivity index (χ2n) is 5.56. The largest absolute Gasteiger partial charge is 2.00 e. The minimum atomic E-state index is -1.63. The van der Waals surface area contributed by atoms with Crippen LogP contribution in [0.2, 0.25) is 0 Å². The van der Waals surface area contributed by atoms with E-state index in [1.54, 1.807) is 0 Å². The molecule has 0 aromatic carbocycles. The summed E-state index contributed by atoms with van der Waals surface area (Å²) in [7, 11) is 0. The van der Waals surface area contributed by atoms with Crippen molar-refractivity contribution in [2.24, 2.45) is 0 Å². The molecule has 0 aliphatic heterocycles. The van der Waals surface area contributed by atoms with Crippen LogP contribution in [0.4, 0.5) is 11.6 Å². The zero-order chi connectivity index (χ0) is 25.7. The monoisotopic (exact) mass is 778 g/mol. The number of hydrogen-bond donors (Lipinski definition) is 4. The number of carbonyl (C=O) groups is 4. The summed E-state index contributed by atoms with van der Waals surface area (Å²) in [6, 6.07) is 0. The Morgan fingerprint density at radius 2 is 0.761 bits per heavy atom. The molecule has 28 nitrogen and oxygen atoms in total. The fourth-order valence-corrected chi connectivity index (χ4v) is 1.80. The number of rotatable bonds is 4. The average molecular weight is 778 g/mol. The Morgan fingerprint density at radius 1 is 0.522 bits per heavy atom. The van der Waals surface area contributed by atoms with Gasteiger partial charge in [0.05, 0.1) is 12.7 Å². The van der Waals surface area contributed by atoms with Crippen molar-refractivity contribution in [3.8, 4) is 0 Å². The van der Waals surface area contributed by atoms with Gasteiger partial charge in [0.25, 0.3) is 0 Å². The quantitative estimate of drug-likeness (QED) is 0.110. The second kappa shape index (κ2) is 40.2. The first kappa shape index (κ1) is 78.1. The third kappa shape index (κ3) is 30.6. The van der Waals surface area contributed by atoms with Crippen LogP contribution in [-0.4, -0.2) is 85.7 Å². The van der Waals surface area contributed by atoms with Gasteiger partial charge in [0.2, 0.25) is 0 Å². The Kier molecular flexibility index (Phi) is 68.2. The summed E-state index contributed by atoms with van der Waals surface area (Å²) in [5.74, 6) is -5.63. The molecule has 32 N–H and O–H groups in total. The van der Waals surface area contributed by atoms with E-state index < -0.39 is 36.7 Å². The molecule has 0 spiro atoms. The summed E-state index contributed by atoms with van der Waals surface area (Å²) >= 11 is 0. The van der Waals surface area contributed by atoms with Gasteiger partial charge >= 0.3 is 33.6 Å². The fraction of sp³-hybridized carbons (Fsp3) is 0.125. The molecule has 0 amide bonds. The van der Waals surface area contributed by atoms with Gasteiger partial charge in [0, 0.05) is 36.7 Å². The van der Waals surface area contributed by atoms with Crippen LogP contribution in [0.5, 0.6) is 0 Å². The number of nitrogens with two attached hydrogens (primary N) is 2. The summed E-state index contributed by atoms with van der Waals surface area (Å²) in [4.78, 5) is 65.8. The zero-order valence-corrected chi connectivity index (χ0v) is 25.0. The van der Waals surface area contributed by atoms with E-state index in [1.807, 2.05) is 0 Å². The van der Waals surface area contributed by atoms with Gasteiger partial charge < -0.3 is 116 Å². The normalized spacial score (nSPS) is 6.96. The summed E-state index contributed by atoms with van der Waals surface area (Å²) in [6.45, 7) is 0. The van der Waals surface area contributed by atoms with Gasteiger partial charge in [-0.3, -0.25) is 0 Å². The minimum absolute atomic E-state index is 0. The molecule has 46 heavy (non-hydrogen) atoms. The third-order valence-corrected chi connectivity index (χ3v) is 3.08. The summed E-state index contributed by atoms with van der Waals surface area (Å²) in [5.41, 5.74) is 13.6. The van der Waals surface area contributed by atoms with Gasteiger partial charge in [-0.1, -0.05) is 0 Å². The van der Waals surface area contributed by atoms with E-state index in [2.05, 4.69) is 39.9 Å². The van der Waals surface area contributed by atoms with Gasteiger partial charge in [-0.05, 0) is 0 Å². The topological polar surface area (TPSA) is 645 Å². The first-order chi connectivity index (χ1) is 16.0. The molecule has 0 fully saturated rings. The average Bonchev–Trinajstić information content (AvgIpc) is 3.38. The summed E-state index contributed by atoms with van der Waals surface area (Å²) in [5, 5.41) is 37.1. The maximum atomic E-state index is 9.28. The van der Waals surface area contributed by atoms with Crippen molar-refractivity contribution < 1.29 is 128 Å². The molecule has 30 heteroatoms. The van der Waals surface area contributed by atoms with Crippen molar-refractivity contribution in [2.75, 3.05) is 11.5 Å². The molecule has 0 bridgehead atoms. The number of fused-ring (bicyclic) bond motifs is 2. The number of nitrogens with one attached hydrogen (secondary N) is 2. The number of anilines is 2. The predicted molar refractivity (Wildman–Crippen MR) is 145 cm³/mol. The molecule has 0 aliphatic carbocycles. The third-order valence-electron chi connectivity index (χ3n) is 3.08. The molecule has 4 heterocycles. The standard InChI is InChI=1S/2C5H5N5.2C3H4O4.2Co.10H2O/c2*6-4-3-5(9-1-7-3)10-2-8-4;2*4-2(5)1-3(6)7;;;;;;;;;;;;/h2*1-2H,(H3,6,7,8,9,10);2*1H2,(H,4,5)(H,6,7);;;10*1H2/q;;;;2*+2;;;;;;;;;;/p+2. The van der Waals surface area contributed by atoms with E-state index in [0.717, 1.165) is 0 Å². The molecular weight excluding hydrogens is 738 g/mol. The van der Waals surface area contributed by atoms with E-state index in [4.69, 9.17) is 11.5 Å². The number of imidazole rings is 2. The second-order valence-corrected chi connectivity index (χ2v) is 5.56.